The number of sulfonamides is 1. The van der Waals surface area contributed by atoms with Crippen LogP contribution in [0.2, 0.25) is 5.02 Å². The highest BCUT2D eigenvalue weighted by atomic mass is 35.5. The first-order chi connectivity index (χ1) is 10.8. The summed E-state index contributed by atoms with van der Waals surface area (Å²) in [6.07, 6.45) is 0. The van der Waals surface area contributed by atoms with E-state index in [1.165, 1.54) is 35.6 Å². The molecule has 23 heavy (non-hydrogen) atoms. The van der Waals surface area contributed by atoms with Gasteiger partial charge in [0, 0.05) is 31.2 Å². The number of nitro benzene ring substituents is 1. The molecule has 10 heteroatoms. The van der Waals surface area contributed by atoms with Gasteiger partial charge in [0.15, 0.2) is 0 Å². The van der Waals surface area contributed by atoms with Gasteiger partial charge in [-0.1, -0.05) is 17.7 Å². The van der Waals surface area contributed by atoms with Crippen molar-refractivity contribution in [1.29, 1.82) is 0 Å². The van der Waals surface area contributed by atoms with Crippen LogP contribution in [-0.2, 0) is 10.0 Å². The summed E-state index contributed by atoms with van der Waals surface area (Å²) in [4.78, 5) is 10.4. The van der Waals surface area contributed by atoms with Gasteiger partial charge in [-0.05, 0) is 23.6 Å². The number of halogens is 1. The molecule has 0 aliphatic carbocycles. The summed E-state index contributed by atoms with van der Waals surface area (Å²) in [5.41, 5.74) is 0.141. The van der Waals surface area contributed by atoms with Gasteiger partial charge in [0.05, 0.1) is 4.92 Å². The summed E-state index contributed by atoms with van der Waals surface area (Å²) in [5, 5.41) is 15.8. The van der Waals surface area contributed by atoms with E-state index in [1.54, 1.807) is 11.4 Å². The van der Waals surface area contributed by atoms with E-state index in [0.29, 0.717) is 5.69 Å². The summed E-state index contributed by atoms with van der Waals surface area (Å²) in [7, 11) is -2.06. The Kier molecular flexibility index (Phi) is 5.58. The predicted molar refractivity (Wildman–Crippen MR) is 90.7 cm³/mol. The zero-order valence-corrected chi connectivity index (χ0v) is 14.5. The Labute approximate surface area is 142 Å². The third-order valence-corrected chi connectivity index (χ3v) is 6.52. The van der Waals surface area contributed by atoms with E-state index in [1.807, 2.05) is 0 Å². The van der Waals surface area contributed by atoms with Crippen LogP contribution in [0.15, 0.2) is 39.9 Å². The molecule has 0 bridgehead atoms. The Morgan fingerprint density at radius 1 is 1.39 bits per heavy atom. The second-order valence-electron chi connectivity index (χ2n) is 4.60. The van der Waals surface area contributed by atoms with Crippen LogP contribution in [-0.4, -0.2) is 37.8 Å². The molecule has 0 aliphatic heterocycles. The van der Waals surface area contributed by atoms with Gasteiger partial charge in [-0.3, -0.25) is 10.1 Å². The molecule has 0 atom stereocenters. The SMILES string of the molecule is CN(CCNc1ccc(Cl)cc1[N+](=O)[O-])S(=O)(=O)c1cccs1. The molecule has 2 aromatic rings. The van der Waals surface area contributed by atoms with Crippen LogP contribution in [0.3, 0.4) is 0 Å². The highest BCUT2D eigenvalue weighted by molar-refractivity contribution is 7.91. The van der Waals surface area contributed by atoms with Crippen molar-refractivity contribution in [3.8, 4) is 0 Å². The minimum atomic E-state index is -3.53. The maximum atomic E-state index is 12.2. The zero-order chi connectivity index (χ0) is 17.0. The first-order valence-electron chi connectivity index (χ1n) is 6.50. The van der Waals surface area contributed by atoms with Crippen molar-refractivity contribution in [2.75, 3.05) is 25.5 Å². The van der Waals surface area contributed by atoms with Crippen molar-refractivity contribution >= 4 is 44.3 Å². The molecule has 0 aliphatic rings. The molecule has 0 radical (unpaired) electrons. The molecule has 1 heterocycles. The second-order valence-corrected chi connectivity index (χ2v) is 8.26. The van der Waals surface area contributed by atoms with Crippen LogP contribution in [0, 0.1) is 10.1 Å². The van der Waals surface area contributed by atoms with E-state index in [2.05, 4.69) is 5.32 Å². The summed E-state index contributed by atoms with van der Waals surface area (Å²) in [6, 6.07) is 7.47. The third-order valence-electron chi connectivity index (χ3n) is 3.06. The molecular weight excluding hydrogens is 362 g/mol. The lowest BCUT2D eigenvalue weighted by atomic mass is 10.2. The molecule has 0 fully saturated rings. The maximum absolute atomic E-state index is 12.2. The molecule has 0 amide bonds. The second kappa shape index (κ2) is 7.26. The highest BCUT2D eigenvalue weighted by Gasteiger charge is 2.21. The van der Waals surface area contributed by atoms with Crippen molar-refractivity contribution in [1.82, 2.24) is 4.31 Å². The van der Waals surface area contributed by atoms with Gasteiger partial charge in [0.1, 0.15) is 9.90 Å². The van der Waals surface area contributed by atoms with Gasteiger partial charge in [-0.25, -0.2) is 8.42 Å². The molecule has 1 N–H and O–H groups in total. The quantitative estimate of drug-likeness (QED) is 0.593. The number of nitrogens with one attached hydrogen (secondary N) is 1. The van der Waals surface area contributed by atoms with Gasteiger partial charge in [0.25, 0.3) is 15.7 Å². The average molecular weight is 376 g/mol. The Morgan fingerprint density at radius 3 is 2.74 bits per heavy atom. The lowest BCUT2D eigenvalue weighted by Gasteiger charge is -2.16. The van der Waals surface area contributed by atoms with Crippen LogP contribution >= 0.6 is 22.9 Å². The lowest BCUT2D eigenvalue weighted by molar-refractivity contribution is -0.383. The fourth-order valence-corrected chi connectivity index (χ4v) is 4.38. The van der Waals surface area contributed by atoms with Crippen molar-refractivity contribution in [2.24, 2.45) is 0 Å². The number of nitrogens with zero attached hydrogens (tertiary/aromatic N) is 2. The minimum absolute atomic E-state index is 0.152. The Bertz CT molecular complexity index is 794. The molecule has 0 saturated heterocycles. The average Bonchev–Trinajstić information content (AvgIpc) is 3.03. The highest BCUT2D eigenvalue weighted by Crippen LogP contribution is 2.27. The predicted octanol–water partition coefficient (Wildman–Crippen LogP) is 3.04. The summed E-state index contributed by atoms with van der Waals surface area (Å²) in [5.74, 6) is 0. The largest absolute Gasteiger partial charge is 0.378 e. The van der Waals surface area contributed by atoms with E-state index < -0.39 is 14.9 Å². The van der Waals surface area contributed by atoms with Gasteiger partial charge in [-0.2, -0.15) is 4.31 Å². The minimum Gasteiger partial charge on any atom is -0.378 e. The molecule has 0 saturated carbocycles. The number of thiophene rings is 1. The number of nitro groups is 1. The zero-order valence-electron chi connectivity index (χ0n) is 12.1. The Balaban J connectivity index is 2.02. The monoisotopic (exact) mass is 375 g/mol. The first kappa shape index (κ1) is 17.7. The van der Waals surface area contributed by atoms with Crippen LogP contribution in [0.5, 0.6) is 0 Å². The first-order valence-corrected chi connectivity index (χ1v) is 9.20. The van der Waals surface area contributed by atoms with E-state index >= 15 is 0 Å². The fraction of sp³-hybridized carbons (Fsp3) is 0.231. The van der Waals surface area contributed by atoms with Crippen LogP contribution in [0.1, 0.15) is 0 Å². The summed E-state index contributed by atoms with van der Waals surface area (Å²) >= 11 is 6.89. The van der Waals surface area contributed by atoms with Crippen molar-refractivity contribution < 1.29 is 13.3 Å². The van der Waals surface area contributed by atoms with Crippen LogP contribution < -0.4 is 5.32 Å². The smallest absolute Gasteiger partial charge is 0.293 e. The number of hydrogen-bond donors (Lipinski definition) is 1. The molecule has 124 valence electrons. The normalized spacial score (nSPS) is 11.6. The number of benzene rings is 1. The van der Waals surface area contributed by atoms with E-state index in [0.717, 1.165) is 11.3 Å². The molecule has 2 rings (SSSR count). The van der Waals surface area contributed by atoms with Gasteiger partial charge in [-0.15, -0.1) is 11.3 Å². The summed E-state index contributed by atoms with van der Waals surface area (Å²) in [6.45, 7) is 0.392. The number of rotatable bonds is 7. The van der Waals surface area contributed by atoms with Gasteiger partial charge < -0.3 is 5.32 Å². The van der Waals surface area contributed by atoms with Crippen molar-refractivity contribution in [2.45, 2.75) is 4.21 Å². The molecule has 1 aromatic carbocycles. The van der Waals surface area contributed by atoms with Crippen LogP contribution in [0.25, 0.3) is 0 Å². The van der Waals surface area contributed by atoms with Crippen LogP contribution in [0.4, 0.5) is 11.4 Å². The van der Waals surface area contributed by atoms with E-state index in [4.69, 9.17) is 11.6 Å². The van der Waals surface area contributed by atoms with Gasteiger partial charge in [0.2, 0.25) is 0 Å². The molecule has 7 nitrogen and oxygen atoms in total. The van der Waals surface area contributed by atoms with E-state index in [9.17, 15) is 18.5 Å². The summed E-state index contributed by atoms with van der Waals surface area (Å²) < 4.78 is 25.9. The van der Waals surface area contributed by atoms with Gasteiger partial charge >= 0.3 is 0 Å². The molecule has 1 aromatic heterocycles. The molecule has 0 spiro atoms. The fourth-order valence-electron chi connectivity index (χ4n) is 1.84. The Hall–Kier alpha value is -1.68. The van der Waals surface area contributed by atoms with E-state index in [-0.39, 0.29) is 28.0 Å². The third kappa shape index (κ3) is 4.20. The maximum Gasteiger partial charge on any atom is 0.293 e. The number of anilines is 1. The number of hydrogen-bond acceptors (Lipinski definition) is 6. The topological polar surface area (TPSA) is 92.5 Å². The Morgan fingerprint density at radius 2 is 2.13 bits per heavy atom. The molecule has 0 unspecified atom stereocenters. The standard InChI is InChI=1S/C13H14ClN3O4S2/c1-16(23(20,21)13-3-2-8-22-13)7-6-15-11-5-4-10(14)9-12(11)17(18)19/h2-5,8-9,15H,6-7H2,1H3. The van der Waals surface area contributed by atoms with Crippen molar-refractivity contribution in [3.05, 3.63) is 50.8 Å². The molecular formula is C13H14ClN3O4S2. The van der Waals surface area contributed by atoms with Crippen molar-refractivity contribution in [3.63, 3.8) is 0 Å². The lowest BCUT2D eigenvalue weighted by Crippen LogP contribution is -2.31. The number of likely N-dealkylation sites (N-methyl/N-ethyl adjacent to an activating group) is 1.